The minimum Gasteiger partial charge on any atom is -0.494 e. The number of unbranched alkanes of at least 4 members (excludes halogenated alkanes) is 9. The molecule has 3 aromatic carbocycles. The molecule has 7 heteroatoms. The zero-order valence-electron chi connectivity index (χ0n) is 28.2. The largest absolute Gasteiger partial charge is 0.494 e. The number of allylic oxidation sites excluding steroid dienone is 1. The molecule has 7 nitrogen and oxygen atoms in total. The molecule has 0 amide bonds. The average molecular weight is 651 g/mol. The summed E-state index contributed by atoms with van der Waals surface area (Å²) in [6.45, 7) is 8.70. The van der Waals surface area contributed by atoms with Gasteiger partial charge in [-0.3, -0.25) is 4.79 Å². The lowest BCUT2D eigenvalue weighted by molar-refractivity contribution is -0.137. The number of hydrogen-bond donors (Lipinski definition) is 0. The van der Waals surface area contributed by atoms with Gasteiger partial charge in [-0.15, -0.1) is 0 Å². The van der Waals surface area contributed by atoms with Gasteiger partial charge in [0.15, 0.2) is 5.78 Å². The molecular weight excluding hydrogens is 600 g/mol. The van der Waals surface area contributed by atoms with Gasteiger partial charge in [0.05, 0.1) is 31.2 Å². The van der Waals surface area contributed by atoms with Crippen LogP contribution < -0.4 is 9.47 Å². The Morgan fingerprint density at radius 2 is 0.938 bits per heavy atom. The number of carbonyl (C=O) groups is 2. The maximum absolute atomic E-state index is 11.2. The van der Waals surface area contributed by atoms with E-state index in [0.29, 0.717) is 19.6 Å². The monoisotopic (exact) mass is 650 g/mol. The Balaban J connectivity index is 1.27. The van der Waals surface area contributed by atoms with Gasteiger partial charge in [0.1, 0.15) is 11.5 Å². The van der Waals surface area contributed by atoms with E-state index in [1.54, 1.807) is 0 Å². The van der Waals surface area contributed by atoms with Crippen molar-refractivity contribution in [2.24, 2.45) is 10.2 Å². The number of carbonyl (C=O) groups excluding carboxylic acids is 2. The lowest BCUT2D eigenvalue weighted by Gasteiger charge is -2.06. The van der Waals surface area contributed by atoms with Gasteiger partial charge in [-0.1, -0.05) is 81.7 Å². The van der Waals surface area contributed by atoms with Gasteiger partial charge in [0, 0.05) is 12.5 Å². The fraction of sp³-hybridized carbons (Fsp3) is 0.366. The Morgan fingerprint density at radius 3 is 1.44 bits per heavy atom. The summed E-state index contributed by atoms with van der Waals surface area (Å²) < 4.78 is 16.7. The molecular formula is C41H50N2O5. The Hall–Kier alpha value is -4.78. The van der Waals surface area contributed by atoms with Gasteiger partial charge in [-0.25, -0.2) is 4.79 Å². The van der Waals surface area contributed by atoms with Crippen molar-refractivity contribution in [3.8, 4) is 11.5 Å². The molecule has 0 heterocycles. The van der Waals surface area contributed by atoms with Crippen molar-refractivity contribution in [3.05, 3.63) is 109 Å². The number of ether oxygens (including phenoxy) is 3. The average Bonchev–Trinajstić information content (AvgIpc) is 3.12. The van der Waals surface area contributed by atoms with Gasteiger partial charge in [-0.05, 0) is 104 Å². The molecule has 0 spiro atoms. The lowest BCUT2D eigenvalue weighted by atomic mass is 10.1. The molecule has 0 aliphatic heterocycles. The summed E-state index contributed by atoms with van der Waals surface area (Å²) >= 11 is 0. The molecule has 3 rings (SSSR count). The number of ketones is 1. The molecule has 0 fully saturated rings. The molecule has 0 saturated carbocycles. The van der Waals surface area contributed by atoms with E-state index in [4.69, 9.17) is 14.2 Å². The van der Waals surface area contributed by atoms with Gasteiger partial charge in [0.2, 0.25) is 0 Å². The third kappa shape index (κ3) is 16.7. The molecule has 0 aliphatic carbocycles. The minimum atomic E-state index is -0.370. The van der Waals surface area contributed by atoms with E-state index in [2.05, 4.69) is 47.7 Å². The van der Waals surface area contributed by atoms with Crippen LogP contribution in [0.4, 0.5) is 11.4 Å². The van der Waals surface area contributed by atoms with Crippen LogP contribution in [0.15, 0.2) is 108 Å². The maximum Gasteiger partial charge on any atom is 0.330 e. The summed E-state index contributed by atoms with van der Waals surface area (Å²) in [6, 6.07) is 23.7. The number of rotatable bonds is 25. The van der Waals surface area contributed by atoms with E-state index in [0.717, 1.165) is 92.0 Å². The number of azo groups is 1. The zero-order valence-corrected chi connectivity index (χ0v) is 28.2. The Labute approximate surface area is 286 Å². The van der Waals surface area contributed by atoms with Gasteiger partial charge >= 0.3 is 5.97 Å². The first-order chi connectivity index (χ1) is 23.6. The first-order valence-corrected chi connectivity index (χ1v) is 17.2. The molecule has 0 bridgehead atoms. The predicted molar refractivity (Wildman–Crippen MR) is 195 cm³/mol. The highest BCUT2D eigenvalue weighted by molar-refractivity contribution is 5.88. The molecule has 0 radical (unpaired) electrons. The Morgan fingerprint density at radius 1 is 0.521 bits per heavy atom. The van der Waals surface area contributed by atoms with Crippen LogP contribution in [0.25, 0.3) is 12.2 Å². The minimum absolute atomic E-state index is 0.150. The fourth-order valence-corrected chi connectivity index (χ4v) is 4.80. The molecule has 0 atom stereocenters. The van der Waals surface area contributed by atoms with Crippen LogP contribution in [-0.2, 0) is 14.3 Å². The van der Waals surface area contributed by atoms with Crippen LogP contribution in [0, 0.1) is 0 Å². The summed E-state index contributed by atoms with van der Waals surface area (Å²) in [5, 5.41) is 8.71. The zero-order chi connectivity index (χ0) is 34.1. The summed E-state index contributed by atoms with van der Waals surface area (Å²) in [5.74, 6) is 1.48. The standard InChI is InChI=1S/C41H50N2O5/c1-3-38(44)16-12-8-6-5-7-9-13-31-46-39-27-21-35(22-28-39)18-17-34-19-23-36(24-20-34)42-43-37-25-29-40(30-26-37)47-32-14-10-11-15-33-48-41(45)4-2/h3-4,17-30H,1-2,5-16,31-33H2. The molecule has 254 valence electrons. The molecule has 48 heavy (non-hydrogen) atoms. The van der Waals surface area contributed by atoms with Crippen LogP contribution in [0.5, 0.6) is 11.5 Å². The molecule has 0 aromatic heterocycles. The smallest absolute Gasteiger partial charge is 0.330 e. The topological polar surface area (TPSA) is 86.6 Å². The third-order valence-electron chi connectivity index (χ3n) is 7.64. The van der Waals surface area contributed by atoms with Gasteiger partial charge in [-0.2, -0.15) is 10.2 Å². The van der Waals surface area contributed by atoms with Crippen LogP contribution in [0.3, 0.4) is 0 Å². The molecule has 0 N–H and O–H groups in total. The van der Waals surface area contributed by atoms with Crippen molar-refractivity contribution >= 4 is 35.3 Å². The first kappa shape index (κ1) is 37.7. The third-order valence-corrected chi connectivity index (χ3v) is 7.64. The molecule has 0 saturated heterocycles. The summed E-state index contributed by atoms with van der Waals surface area (Å²) in [5.41, 5.74) is 3.73. The van der Waals surface area contributed by atoms with Crippen molar-refractivity contribution < 1.29 is 23.8 Å². The number of nitrogens with zero attached hydrogens (tertiary/aromatic N) is 2. The van der Waals surface area contributed by atoms with Crippen LogP contribution in [0.2, 0.25) is 0 Å². The lowest BCUT2D eigenvalue weighted by Crippen LogP contribution is -2.02. The van der Waals surface area contributed by atoms with Gasteiger partial charge < -0.3 is 14.2 Å². The highest BCUT2D eigenvalue weighted by atomic mass is 16.5. The first-order valence-electron chi connectivity index (χ1n) is 17.2. The SMILES string of the molecule is C=CC(=O)CCCCCCCCCOc1ccc(C=Cc2ccc(N=Nc3ccc(OCCCCCCOC(=O)C=C)cc3)cc2)cc1. The maximum atomic E-state index is 11.2. The quantitative estimate of drug-likeness (QED) is 0.0299. The van der Waals surface area contributed by atoms with Crippen molar-refractivity contribution in [2.45, 2.75) is 77.0 Å². The van der Waals surface area contributed by atoms with Crippen molar-refractivity contribution in [3.63, 3.8) is 0 Å². The second kappa shape index (κ2) is 23.5. The van der Waals surface area contributed by atoms with E-state index in [1.807, 2.05) is 60.7 Å². The number of hydrogen-bond acceptors (Lipinski definition) is 7. The normalized spacial score (nSPS) is 11.1. The van der Waals surface area contributed by atoms with Crippen molar-refractivity contribution in [1.82, 2.24) is 0 Å². The fourth-order valence-electron chi connectivity index (χ4n) is 4.80. The van der Waals surface area contributed by atoms with E-state index < -0.39 is 0 Å². The summed E-state index contributed by atoms with van der Waals surface area (Å²) in [4.78, 5) is 22.2. The molecule has 3 aromatic rings. The Kier molecular flexibility index (Phi) is 18.5. The highest BCUT2D eigenvalue weighted by Gasteiger charge is 2.00. The predicted octanol–water partition coefficient (Wildman–Crippen LogP) is 11.2. The highest BCUT2D eigenvalue weighted by Crippen LogP contribution is 2.23. The molecule has 0 aliphatic rings. The molecule has 0 unspecified atom stereocenters. The summed E-state index contributed by atoms with van der Waals surface area (Å²) in [7, 11) is 0. The van der Waals surface area contributed by atoms with Crippen molar-refractivity contribution in [2.75, 3.05) is 19.8 Å². The van der Waals surface area contributed by atoms with Crippen molar-refractivity contribution in [1.29, 1.82) is 0 Å². The van der Waals surface area contributed by atoms with E-state index in [-0.39, 0.29) is 11.8 Å². The Bertz CT molecular complexity index is 1430. The van der Waals surface area contributed by atoms with Crippen LogP contribution in [-0.4, -0.2) is 31.6 Å². The second-order valence-electron chi connectivity index (χ2n) is 11.6. The van der Waals surface area contributed by atoms with Crippen LogP contribution >= 0.6 is 0 Å². The van der Waals surface area contributed by atoms with Crippen LogP contribution in [0.1, 0.15) is 88.2 Å². The van der Waals surface area contributed by atoms with Gasteiger partial charge in [0.25, 0.3) is 0 Å². The van der Waals surface area contributed by atoms with E-state index in [9.17, 15) is 9.59 Å². The summed E-state index contributed by atoms with van der Waals surface area (Å²) in [6.07, 6.45) is 19.1. The van der Waals surface area contributed by atoms with E-state index >= 15 is 0 Å². The number of benzene rings is 3. The second-order valence-corrected chi connectivity index (χ2v) is 11.6. The van der Waals surface area contributed by atoms with E-state index in [1.165, 1.54) is 31.4 Å². The number of esters is 1.